The normalized spacial score (nSPS) is 21.9. The molecular weight excluding hydrogens is 414 g/mol. The van der Waals surface area contributed by atoms with E-state index in [0.29, 0.717) is 28.6 Å². The van der Waals surface area contributed by atoms with Crippen LogP contribution in [-0.2, 0) is 4.79 Å². The maximum absolute atomic E-state index is 11.6. The van der Waals surface area contributed by atoms with Gasteiger partial charge in [-0.2, -0.15) is 0 Å². The molecule has 2 aliphatic rings. The van der Waals surface area contributed by atoms with E-state index in [0.717, 1.165) is 61.2 Å². The van der Waals surface area contributed by atoms with Crippen LogP contribution >= 0.6 is 11.6 Å². The van der Waals surface area contributed by atoms with Crippen LogP contribution in [-0.4, -0.2) is 62.5 Å². The van der Waals surface area contributed by atoms with Crippen molar-refractivity contribution >= 4 is 40.0 Å². The molecule has 9 heteroatoms. The number of hydrogen-bond acceptors (Lipinski definition) is 6. The van der Waals surface area contributed by atoms with Gasteiger partial charge in [-0.15, -0.1) is 0 Å². The minimum Gasteiger partial charge on any atom is -0.398 e. The van der Waals surface area contributed by atoms with Crippen molar-refractivity contribution in [2.24, 2.45) is 0 Å². The summed E-state index contributed by atoms with van der Waals surface area (Å²) < 4.78 is 2.23. The number of amides is 1. The lowest BCUT2D eigenvalue weighted by Crippen LogP contribution is -2.54. The second-order valence-electron chi connectivity index (χ2n) is 8.46. The van der Waals surface area contributed by atoms with Gasteiger partial charge in [-0.05, 0) is 30.5 Å². The van der Waals surface area contributed by atoms with Crippen molar-refractivity contribution in [1.82, 2.24) is 24.3 Å². The summed E-state index contributed by atoms with van der Waals surface area (Å²) >= 11 is 6.12. The van der Waals surface area contributed by atoms with E-state index in [1.165, 1.54) is 6.33 Å². The van der Waals surface area contributed by atoms with E-state index in [2.05, 4.69) is 25.6 Å². The lowest BCUT2D eigenvalue weighted by atomic mass is 9.85. The third kappa shape index (κ3) is 3.49. The predicted octanol–water partition coefficient (Wildman–Crippen LogP) is 2.78. The number of nitrogens with zero attached hydrogens (tertiary/aromatic N) is 5. The average molecular weight is 440 g/mol. The van der Waals surface area contributed by atoms with Crippen LogP contribution in [0.25, 0.3) is 22.2 Å². The Balaban J connectivity index is 1.40. The van der Waals surface area contributed by atoms with E-state index < -0.39 is 0 Å². The first-order valence-corrected chi connectivity index (χ1v) is 11.0. The maximum Gasteiger partial charge on any atom is 0.219 e. The van der Waals surface area contributed by atoms with Crippen LogP contribution in [0.3, 0.4) is 0 Å². The molecular formula is C22H26ClN7O. The first-order chi connectivity index (χ1) is 14.9. The molecule has 0 bridgehead atoms. The SMILES string of the molecule is CC(=O)N1CCN(C2CC(n3cc(-c4ccc(Cl)c(N)c4)c4c(N)ncnc43)C2)CC1. The number of nitrogens with two attached hydrogens (primary N) is 2. The number of rotatable bonds is 3. The highest BCUT2D eigenvalue weighted by atomic mass is 35.5. The smallest absolute Gasteiger partial charge is 0.219 e. The second kappa shape index (κ2) is 7.69. The second-order valence-corrected chi connectivity index (χ2v) is 8.87. The largest absolute Gasteiger partial charge is 0.398 e. The molecule has 3 heterocycles. The zero-order chi connectivity index (χ0) is 21.7. The monoisotopic (exact) mass is 439 g/mol. The fourth-order valence-corrected chi connectivity index (χ4v) is 4.92. The van der Waals surface area contributed by atoms with Crippen molar-refractivity contribution in [3.8, 4) is 11.1 Å². The Hall–Kier alpha value is -2.84. The molecule has 0 unspecified atom stereocenters. The van der Waals surface area contributed by atoms with Crippen LogP contribution in [0.1, 0.15) is 25.8 Å². The molecule has 2 fully saturated rings. The van der Waals surface area contributed by atoms with Crippen LogP contribution in [0.5, 0.6) is 0 Å². The first-order valence-electron chi connectivity index (χ1n) is 10.6. The van der Waals surface area contributed by atoms with E-state index >= 15 is 0 Å². The zero-order valence-corrected chi connectivity index (χ0v) is 18.2. The van der Waals surface area contributed by atoms with Gasteiger partial charge in [-0.25, -0.2) is 9.97 Å². The van der Waals surface area contributed by atoms with Gasteiger partial charge in [0.05, 0.1) is 16.1 Å². The summed E-state index contributed by atoms with van der Waals surface area (Å²) in [5.74, 6) is 0.626. The van der Waals surface area contributed by atoms with E-state index in [1.807, 2.05) is 17.0 Å². The third-order valence-corrected chi connectivity index (χ3v) is 7.05. The van der Waals surface area contributed by atoms with Crippen LogP contribution < -0.4 is 11.5 Å². The van der Waals surface area contributed by atoms with Crippen LogP contribution in [0.2, 0.25) is 5.02 Å². The van der Waals surface area contributed by atoms with Crippen LogP contribution in [0.15, 0.2) is 30.7 Å². The molecule has 4 N–H and O–H groups in total. The number of nitrogen functional groups attached to an aromatic ring is 2. The molecule has 3 aromatic rings. The van der Waals surface area contributed by atoms with E-state index in [9.17, 15) is 4.79 Å². The molecule has 162 valence electrons. The third-order valence-electron chi connectivity index (χ3n) is 6.70. The molecule has 1 saturated heterocycles. The standard InChI is InChI=1S/C22H26ClN7O/c1-13(31)28-4-6-29(7-5-28)15-9-16(10-15)30-11-17(14-2-3-18(23)19(24)8-14)20-21(25)26-12-27-22(20)30/h2-3,8,11-12,15-16H,4-7,9-10,24H2,1H3,(H2,25,26,27). The summed E-state index contributed by atoms with van der Waals surface area (Å²) in [5, 5.41) is 1.38. The molecule has 31 heavy (non-hydrogen) atoms. The van der Waals surface area contributed by atoms with Gasteiger partial charge >= 0.3 is 0 Å². The van der Waals surface area contributed by atoms with Crippen molar-refractivity contribution in [2.75, 3.05) is 37.6 Å². The number of carbonyl (C=O) groups is 1. The molecule has 1 saturated carbocycles. The Bertz CT molecular complexity index is 1150. The van der Waals surface area contributed by atoms with Gasteiger partial charge in [0.1, 0.15) is 17.8 Å². The number of aromatic nitrogens is 3. The van der Waals surface area contributed by atoms with E-state index in [-0.39, 0.29) is 5.91 Å². The molecule has 1 aliphatic heterocycles. The zero-order valence-electron chi connectivity index (χ0n) is 17.5. The highest BCUT2D eigenvalue weighted by Crippen LogP contribution is 2.42. The van der Waals surface area contributed by atoms with E-state index in [4.69, 9.17) is 23.1 Å². The van der Waals surface area contributed by atoms with Gasteiger partial charge in [0.2, 0.25) is 5.91 Å². The Morgan fingerprint density at radius 2 is 1.84 bits per heavy atom. The van der Waals surface area contributed by atoms with Crippen molar-refractivity contribution < 1.29 is 4.79 Å². The Kier molecular flexibility index (Phi) is 4.98. The van der Waals surface area contributed by atoms with Gasteiger partial charge in [0, 0.05) is 56.9 Å². The average Bonchev–Trinajstić information content (AvgIpc) is 3.10. The molecule has 0 radical (unpaired) electrons. The first kappa shape index (κ1) is 20.1. The highest BCUT2D eigenvalue weighted by molar-refractivity contribution is 6.33. The maximum atomic E-state index is 11.6. The van der Waals surface area contributed by atoms with Crippen molar-refractivity contribution in [3.63, 3.8) is 0 Å². The number of carbonyl (C=O) groups excluding carboxylic acids is 1. The minimum absolute atomic E-state index is 0.164. The number of benzene rings is 1. The minimum atomic E-state index is 0.164. The Morgan fingerprint density at radius 1 is 1.10 bits per heavy atom. The van der Waals surface area contributed by atoms with Crippen LogP contribution in [0, 0.1) is 0 Å². The lowest BCUT2D eigenvalue weighted by molar-refractivity contribution is -0.131. The summed E-state index contributed by atoms with van der Waals surface area (Å²) in [5.41, 5.74) is 15.6. The summed E-state index contributed by atoms with van der Waals surface area (Å²) in [6, 6.07) is 6.50. The molecule has 2 aromatic heterocycles. The summed E-state index contributed by atoms with van der Waals surface area (Å²) in [6.07, 6.45) is 5.74. The van der Waals surface area contributed by atoms with Gasteiger partial charge < -0.3 is 20.9 Å². The summed E-state index contributed by atoms with van der Waals surface area (Å²) in [4.78, 5) is 24.8. The molecule has 8 nitrogen and oxygen atoms in total. The fourth-order valence-electron chi connectivity index (χ4n) is 4.80. The van der Waals surface area contributed by atoms with Gasteiger partial charge in [-0.3, -0.25) is 9.69 Å². The number of halogens is 1. The summed E-state index contributed by atoms with van der Waals surface area (Å²) in [7, 11) is 0. The molecule has 5 rings (SSSR count). The molecule has 1 aromatic carbocycles. The Morgan fingerprint density at radius 3 is 2.52 bits per heavy atom. The number of hydrogen-bond donors (Lipinski definition) is 2. The number of piperazine rings is 1. The topological polar surface area (TPSA) is 106 Å². The highest BCUT2D eigenvalue weighted by Gasteiger charge is 2.37. The van der Waals surface area contributed by atoms with Crippen molar-refractivity contribution in [3.05, 3.63) is 35.7 Å². The van der Waals surface area contributed by atoms with E-state index in [1.54, 1.807) is 13.0 Å². The molecule has 1 amide bonds. The quantitative estimate of drug-likeness (QED) is 0.608. The van der Waals surface area contributed by atoms with Crippen LogP contribution in [0.4, 0.5) is 11.5 Å². The fraction of sp³-hybridized carbons (Fsp3) is 0.409. The number of anilines is 2. The Labute approximate surface area is 185 Å². The molecule has 1 aliphatic carbocycles. The predicted molar refractivity (Wildman–Crippen MR) is 123 cm³/mol. The van der Waals surface area contributed by atoms with Gasteiger partial charge in [0.15, 0.2) is 0 Å². The molecule has 0 spiro atoms. The van der Waals surface area contributed by atoms with Gasteiger partial charge in [0.25, 0.3) is 0 Å². The van der Waals surface area contributed by atoms with Crippen molar-refractivity contribution in [2.45, 2.75) is 31.8 Å². The lowest BCUT2D eigenvalue weighted by Gasteiger charge is -2.46. The molecule has 0 atom stereocenters. The van der Waals surface area contributed by atoms with Crippen molar-refractivity contribution in [1.29, 1.82) is 0 Å². The summed E-state index contributed by atoms with van der Waals surface area (Å²) in [6.45, 7) is 5.15. The number of fused-ring (bicyclic) bond motifs is 1. The van der Waals surface area contributed by atoms with Gasteiger partial charge in [-0.1, -0.05) is 17.7 Å².